The highest BCUT2D eigenvalue weighted by Gasteiger charge is 2.37. The lowest BCUT2D eigenvalue weighted by Crippen LogP contribution is -2.18. The van der Waals surface area contributed by atoms with E-state index in [0.717, 1.165) is 23.5 Å². The molecule has 0 nitrogen and oxygen atoms in total. The summed E-state index contributed by atoms with van der Waals surface area (Å²) in [7, 11) is 0. The van der Waals surface area contributed by atoms with E-state index in [1.165, 1.54) is 5.56 Å². The van der Waals surface area contributed by atoms with Crippen molar-refractivity contribution in [2.24, 2.45) is 0 Å². The van der Waals surface area contributed by atoms with Crippen LogP contribution in [0.3, 0.4) is 0 Å². The second kappa shape index (κ2) is 6.12. The van der Waals surface area contributed by atoms with Gasteiger partial charge in [0, 0.05) is 17.9 Å². The average molecular weight is 369 g/mol. The van der Waals surface area contributed by atoms with Crippen LogP contribution >= 0.6 is 39.5 Å². The van der Waals surface area contributed by atoms with Crippen molar-refractivity contribution in [1.29, 1.82) is 0 Å². The Kier molecular flexibility index (Phi) is 4.43. The Morgan fingerprint density at radius 3 is 2.40 bits per heavy atom. The van der Waals surface area contributed by atoms with Crippen LogP contribution in [-0.4, -0.2) is 11.5 Å². The van der Waals surface area contributed by atoms with Crippen LogP contribution < -0.4 is 0 Å². The molecular formula is C16H14BrFS2. The zero-order valence-electron chi connectivity index (χ0n) is 10.8. The molecule has 0 amide bonds. The molecule has 1 aliphatic rings. The van der Waals surface area contributed by atoms with Gasteiger partial charge in [0.25, 0.3) is 0 Å². The molecule has 0 aromatic heterocycles. The zero-order chi connectivity index (χ0) is 14.0. The minimum atomic E-state index is -0.178. The van der Waals surface area contributed by atoms with Gasteiger partial charge < -0.3 is 0 Å². The Labute approximate surface area is 135 Å². The molecule has 0 bridgehead atoms. The monoisotopic (exact) mass is 368 g/mol. The van der Waals surface area contributed by atoms with E-state index in [1.807, 2.05) is 41.7 Å². The number of hydrogen-bond donors (Lipinski definition) is 0. The lowest BCUT2D eigenvalue weighted by molar-refractivity contribution is 0.617. The third-order valence-corrected chi connectivity index (χ3v) is 7.51. The van der Waals surface area contributed by atoms with Crippen LogP contribution in [-0.2, 0) is 10.5 Å². The lowest BCUT2D eigenvalue weighted by Gasteiger charge is -2.28. The van der Waals surface area contributed by atoms with Crippen molar-refractivity contribution >= 4 is 39.5 Å². The summed E-state index contributed by atoms with van der Waals surface area (Å²) in [5.41, 5.74) is 2.38. The van der Waals surface area contributed by atoms with Gasteiger partial charge in [-0.1, -0.05) is 36.4 Å². The van der Waals surface area contributed by atoms with Gasteiger partial charge in [0.1, 0.15) is 5.82 Å². The average Bonchev–Trinajstić information content (AvgIpc) is 2.93. The molecule has 0 atom stereocenters. The molecular weight excluding hydrogens is 355 g/mol. The smallest absolute Gasteiger partial charge is 0.137 e. The Bertz CT molecular complexity index is 595. The van der Waals surface area contributed by atoms with Gasteiger partial charge in [-0.2, -0.15) is 0 Å². The minimum absolute atomic E-state index is 0.0527. The normalized spacial score (nSPS) is 17.3. The maximum Gasteiger partial charge on any atom is 0.137 e. The summed E-state index contributed by atoms with van der Waals surface area (Å²) in [6.07, 6.45) is 0.935. The van der Waals surface area contributed by atoms with Crippen molar-refractivity contribution < 1.29 is 4.39 Å². The summed E-state index contributed by atoms with van der Waals surface area (Å²) in [5.74, 6) is 2.06. The van der Waals surface area contributed by atoms with E-state index < -0.39 is 0 Å². The largest absolute Gasteiger partial charge is 0.206 e. The minimum Gasteiger partial charge on any atom is -0.206 e. The topological polar surface area (TPSA) is 0 Å². The van der Waals surface area contributed by atoms with Crippen LogP contribution in [0, 0.1) is 5.82 Å². The summed E-state index contributed by atoms with van der Waals surface area (Å²) in [4.78, 5) is 0. The Hall–Kier alpha value is -0.450. The second-order valence-electron chi connectivity index (χ2n) is 4.74. The van der Waals surface area contributed by atoms with Gasteiger partial charge >= 0.3 is 0 Å². The van der Waals surface area contributed by atoms with Crippen molar-refractivity contribution in [3.63, 3.8) is 0 Å². The van der Waals surface area contributed by atoms with Crippen LogP contribution in [0.4, 0.5) is 4.39 Å². The zero-order valence-corrected chi connectivity index (χ0v) is 14.0. The molecule has 4 heteroatoms. The number of halogens is 2. The second-order valence-corrected chi connectivity index (χ2v) is 8.64. The van der Waals surface area contributed by atoms with E-state index >= 15 is 0 Å². The molecule has 104 valence electrons. The van der Waals surface area contributed by atoms with Gasteiger partial charge in [0.05, 0.1) is 8.55 Å². The lowest BCUT2D eigenvalue weighted by atomic mass is 10.0. The third kappa shape index (κ3) is 2.92. The predicted molar refractivity (Wildman–Crippen MR) is 90.8 cm³/mol. The fourth-order valence-electron chi connectivity index (χ4n) is 2.42. The van der Waals surface area contributed by atoms with Crippen molar-refractivity contribution in [1.82, 2.24) is 0 Å². The number of thioether (sulfide) groups is 2. The fourth-order valence-corrected chi connectivity index (χ4v) is 5.95. The fraction of sp³-hybridized carbons (Fsp3) is 0.250. The van der Waals surface area contributed by atoms with Crippen molar-refractivity contribution in [2.75, 3.05) is 11.5 Å². The van der Waals surface area contributed by atoms with Gasteiger partial charge in [-0.05, 0) is 39.2 Å². The van der Waals surface area contributed by atoms with E-state index in [9.17, 15) is 4.39 Å². The van der Waals surface area contributed by atoms with Gasteiger partial charge in [0.15, 0.2) is 0 Å². The summed E-state index contributed by atoms with van der Waals surface area (Å²) in [6.45, 7) is 0. The van der Waals surface area contributed by atoms with Gasteiger partial charge in [-0.3, -0.25) is 0 Å². The maximum absolute atomic E-state index is 13.9. The molecule has 0 N–H and O–H groups in total. The predicted octanol–water partition coefficient (Wildman–Crippen LogP) is 5.46. The van der Waals surface area contributed by atoms with Crippen LogP contribution in [0.2, 0.25) is 0 Å². The molecule has 3 rings (SSSR count). The van der Waals surface area contributed by atoms with E-state index in [1.54, 1.807) is 6.07 Å². The molecule has 2 aromatic carbocycles. The first-order valence-electron chi connectivity index (χ1n) is 6.47. The highest BCUT2D eigenvalue weighted by molar-refractivity contribution is 9.10. The molecule has 0 aliphatic carbocycles. The highest BCUT2D eigenvalue weighted by atomic mass is 79.9. The molecule has 20 heavy (non-hydrogen) atoms. The van der Waals surface area contributed by atoms with Gasteiger partial charge in [0.2, 0.25) is 0 Å². The first-order valence-corrected chi connectivity index (χ1v) is 9.23. The summed E-state index contributed by atoms with van der Waals surface area (Å²) >= 11 is 7.10. The van der Waals surface area contributed by atoms with Crippen LogP contribution in [0.25, 0.3) is 0 Å². The number of hydrogen-bond acceptors (Lipinski definition) is 2. The first kappa shape index (κ1) is 14.5. The maximum atomic E-state index is 13.9. The number of rotatable bonds is 3. The van der Waals surface area contributed by atoms with Crippen LogP contribution in [0.1, 0.15) is 11.1 Å². The summed E-state index contributed by atoms with van der Waals surface area (Å²) < 4.78 is 14.4. The van der Waals surface area contributed by atoms with Crippen molar-refractivity contribution in [3.8, 4) is 0 Å². The van der Waals surface area contributed by atoms with Crippen molar-refractivity contribution in [3.05, 3.63) is 69.9 Å². The molecule has 0 saturated carbocycles. The Morgan fingerprint density at radius 1 is 1.05 bits per heavy atom. The SMILES string of the molecule is Fc1cc(C2(Cc3ccccc3)SCCS2)ccc1Br. The standard InChI is InChI=1S/C16H14BrFS2/c17-14-7-6-13(10-15(14)18)16(19-8-9-20-16)11-12-4-2-1-3-5-12/h1-7,10H,8-9,11H2. The van der Waals surface area contributed by atoms with E-state index in [2.05, 4.69) is 40.2 Å². The molecule has 0 unspecified atom stereocenters. The van der Waals surface area contributed by atoms with E-state index in [4.69, 9.17) is 0 Å². The highest BCUT2D eigenvalue weighted by Crippen LogP contribution is 2.54. The number of benzene rings is 2. The van der Waals surface area contributed by atoms with Gasteiger partial charge in [-0.15, -0.1) is 23.5 Å². The first-order chi connectivity index (χ1) is 9.70. The van der Waals surface area contributed by atoms with Crippen molar-refractivity contribution in [2.45, 2.75) is 10.5 Å². The molecule has 1 fully saturated rings. The third-order valence-electron chi connectivity index (χ3n) is 3.39. The Morgan fingerprint density at radius 2 is 1.75 bits per heavy atom. The van der Waals surface area contributed by atoms with E-state index in [-0.39, 0.29) is 9.90 Å². The summed E-state index contributed by atoms with van der Waals surface area (Å²) in [6, 6.07) is 16.0. The molecule has 0 spiro atoms. The summed E-state index contributed by atoms with van der Waals surface area (Å²) in [5, 5.41) is 0. The molecule has 1 aliphatic heterocycles. The van der Waals surface area contributed by atoms with E-state index in [0.29, 0.717) is 4.47 Å². The Balaban J connectivity index is 1.97. The molecule has 2 aromatic rings. The quantitative estimate of drug-likeness (QED) is 0.704. The van der Waals surface area contributed by atoms with Gasteiger partial charge in [-0.25, -0.2) is 4.39 Å². The molecule has 0 radical (unpaired) electrons. The van der Waals surface area contributed by atoms with Crippen LogP contribution in [0.5, 0.6) is 0 Å². The molecule has 1 saturated heterocycles. The molecule has 1 heterocycles. The van der Waals surface area contributed by atoms with Crippen LogP contribution in [0.15, 0.2) is 53.0 Å².